The zero-order valence-electron chi connectivity index (χ0n) is 21.6. The molecule has 0 N–H and O–H groups in total. The first-order valence-corrected chi connectivity index (χ1v) is 13.3. The van der Waals surface area contributed by atoms with Gasteiger partial charge in [-0.3, -0.25) is 14.6 Å². The van der Waals surface area contributed by atoms with Crippen LogP contribution in [0.5, 0.6) is 0 Å². The Labute approximate surface area is 228 Å². The second-order valence-corrected chi connectivity index (χ2v) is 11.3. The maximum absolute atomic E-state index is 14.2. The minimum atomic E-state index is -4.60. The van der Waals surface area contributed by atoms with Crippen LogP contribution in [-0.2, 0) is 43.1 Å². The van der Waals surface area contributed by atoms with E-state index in [2.05, 4.69) is 27.0 Å². The van der Waals surface area contributed by atoms with Gasteiger partial charge in [0.15, 0.2) is 0 Å². The van der Waals surface area contributed by atoms with E-state index in [9.17, 15) is 18.0 Å². The minimum Gasteiger partial charge on any atom is -0.364 e. The lowest BCUT2D eigenvalue weighted by Gasteiger charge is -2.31. The Bertz CT molecular complexity index is 1440. The summed E-state index contributed by atoms with van der Waals surface area (Å²) in [6.45, 7) is 4.34. The number of hydrogen-bond acceptors (Lipinski definition) is 6. The molecule has 3 aliphatic rings. The van der Waals surface area contributed by atoms with Crippen molar-refractivity contribution < 1.29 is 22.7 Å². The largest absolute Gasteiger partial charge is 0.416 e. The van der Waals surface area contributed by atoms with Crippen LogP contribution >= 0.6 is 11.6 Å². The number of epoxide rings is 1. The van der Waals surface area contributed by atoms with E-state index in [1.807, 2.05) is 7.05 Å². The van der Waals surface area contributed by atoms with E-state index in [4.69, 9.17) is 16.3 Å². The number of aromatic nitrogens is 4. The minimum absolute atomic E-state index is 0.0388. The van der Waals surface area contributed by atoms with Crippen molar-refractivity contribution in [1.82, 2.24) is 24.6 Å². The molecule has 1 amide bonds. The summed E-state index contributed by atoms with van der Waals surface area (Å²) in [7, 11) is 1.83. The Morgan fingerprint density at radius 3 is 2.69 bits per heavy atom. The quantitative estimate of drug-likeness (QED) is 0.320. The molecular formula is C27H28ClF3N6O2. The second kappa shape index (κ2) is 9.57. The van der Waals surface area contributed by atoms with Gasteiger partial charge < -0.3 is 9.30 Å². The number of carbonyl (C=O) groups excluding carboxylic acids is 1. The molecule has 206 valence electrons. The Kier molecular flexibility index (Phi) is 6.43. The van der Waals surface area contributed by atoms with Crippen molar-refractivity contribution in [3.63, 3.8) is 0 Å². The van der Waals surface area contributed by atoms with Gasteiger partial charge >= 0.3 is 6.18 Å². The molecule has 0 bridgehead atoms. The van der Waals surface area contributed by atoms with Gasteiger partial charge in [-0.2, -0.15) is 13.2 Å². The summed E-state index contributed by atoms with van der Waals surface area (Å²) in [6, 6.07) is 6.13. The summed E-state index contributed by atoms with van der Waals surface area (Å²) < 4.78 is 50.2. The molecule has 8 nitrogen and oxygen atoms in total. The number of piperidine rings is 1. The smallest absolute Gasteiger partial charge is 0.364 e. The Morgan fingerprint density at radius 1 is 1.23 bits per heavy atom. The molecule has 5 heterocycles. The molecule has 0 aliphatic carbocycles. The zero-order valence-corrected chi connectivity index (χ0v) is 22.4. The Hall–Kier alpha value is -3.02. The van der Waals surface area contributed by atoms with E-state index in [1.54, 1.807) is 29.1 Å². The van der Waals surface area contributed by atoms with Gasteiger partial charge in [-0.15, -0.1) is 10.2 Å². The topological polar surface area (TPSA) is 79.7 Å². The number of benzene rings is 1. The van der Waals surface area contributed by atoms with Crippen molar-refractivity contribution in [3.05, 3.63) is 69.4 Å². The second-order valence-electron chi connectivity index (χ2n) is 10.9. The lowest BCUT2D eigenvalue weighted by molar-refractivity contribution is -0.138. The van der Waals surface area contributed by atoms with E-state index in [0.29, 0.717) is 42.4 Å². The maximum Gasteiger partial charge on any atom is 0.416 e. The summed E-state index contributed by atoms with van der Waals surface area (Å²) in [6.07, 6.45) is -0.458. The number of anilines is 1. The average Bonchev–Trinajstić information content (AvgIpc) is 3.44. The van der Waals surface area contributed by atoms with Gasteiger partial charge in [0.25, 0.3) is 5.91 Å². The highest BCUT2D eigenvalue weighted by Crippen LogP contribution is 2.44. The van der Waals surface area contributed by atoms with E-state index < -0.39 is 23.2 Å². The monoisotopic (exact) mass is 560 g/mol. The number of aryl methyl sites for hydroxylation is 1. The normalized spacial score (nSPS) is 23.4. The summed E-state index contributed by atoms with van der Waals surface area (Å²) in [5.41, 5.74) is -0.303. The summed E-state index contributed by atoms with van der Waals surface area (Å²) in [4.78, 5) is 21.3. The van der Waals surface area contributed by atoms with E-state index in [0.717, 1.165) is 25.9 Å². The molecule has 6 rings (SSSR count). The van der Waals surface area contributed by atoms with Crippen molar-refractivity contribution in [2.24, 2.45) is 13.0 Å². The number of nitrogens with zero attached hydrogens (tertiary/aromatic N) is 6. The maximum atomic E-state index is 14.2. The first-order valence-electron chi connectivity index (χ1n) is 12.9. The fourth-order valence-corrected chi connectivity index (χ4v) is 5.96. The van der Waals surface area contributed by atoms with Crippen LogP contribution in [0.15, 0.2) is 30.6 Å². The third-order valence-corrected chi connectivity index (χ3v) is 8.07. The van der Waals surface area contributed by atoms with Crippen molar-refractivity contribution in [2.75, 3.05) is 24.6 Å². The molecule has 1 unspecified atom stereocenters. The van der Waals surface area contributed by atoms with Crippen LogP contribution in [0.2, 0.25) is 5.15 Å². The van der Waals surface area contributed by atoms with Crippen molar-refractivity contribution >= 4 is 23.3 Å². The molecule has 3 aliphatic heterocycles. The van der Waals surface area contributed by atoms with Crippen LogP contribution in [0.3, 0.4) is 0 Å². The standard InChI is InChI=1S/C27H28ClF3N6O2/c1-16-4-3-5-36(11-16)12-17-6-19-20(21(7-17)27(29,30)31)13-37(25(19)38)23-9-18(8-22(28)33-23)26(14-39-26)10-24-34-32-15-35(24)2/h6-9,15-16H,3-5,10-14H2,1-2H3/t16-,26?/m0/s1. The molecular weight excluding hydrogens is 533 g/mol. The van der Waals surface area contributed by atoms with E-state index >= 15 is 0 Å². The van der Waals surface area contributed by atoms with Gasteiger partial charge in [0.05, 0.1) is 18.7 Å². The third kappa shape index (κ3) is 5.03. The molecule has 0 saturated carbocycles. The molecule has 2 aromatic heterocycles. The summed E-state index contributed by atoms with van der Waals surface area (Å²) in [5, 5.41) is 8.15. The molecule has 1 aromatic carbocycles. The molecule has 12 heteroatoms. The average molecular weight is 561 g/mol. The third-order valence-electron chi connectivity index (χ3n) is 7.88. The van der Waals surface area contributed by atoms with E-state index in [1.165, 1.54) is 11.0 Å². The predicted molar refractivity (Wildman–Crippen MR) is 137 cm³/mol. The van der Waals surface area contributed by atoms with Gasteiger partial charge in [0.2, 0.25) is 0 Å². The van der Waals surface area contributed by atoms with Crippen LogP contribution in [0.1, 0.15) is 58.2 Å². The fraction of sp³-hybridized carbons (Fsp3) is 0.481. The number of fused-ring (bicyclic) bond motifs is 1. The first-order chi connectivity index (χ1) is 18.5. The van der Waals surface area contributed by atoms with E-state index in [-0.39, 0.29) is 28.6 Å². The van der Waals surface area contributed by atoms with Gasteiger partial charge in [-0.25, -0.2) is 4.98 Å². The van der Waals surface area contributed by atoms with Crippen molar-refractivity contribution in [2.45, 2.75) is 51.1 Å². The molecule has 0 radical (unpaired) electrons. The van der Waals surface area contributed by atoms with Crippen LogP contribution in [-0.4, -0.2) is 50.3 Å². The van der Waals surface area contributed by atoms with Crippen LogP contribution in [0.25, 0.3) is 0 Å². The lowest BCUT2D eigenvalue weighted by atomic mass is 9.96. The van der Waals surface area contributed by atoms with Gasteiger partial charge in [0, 0.05) is 32.1 Å². The Morgan fingerprint density at radius 2 is 2.03 bits per heavy atom. The van der Waals surface area contributed by atoms with Gasteiger partial charge in [-0.1, -0.05) is 18.5 Å². The highest BCUT2D eigenvalue weighted by atomic mass is 35.5. The highest BCUT2D eigenvalue weighted by Gasteiger charge is 2.49. The number of carbonyl (C=O) groups is 1. The van der Waals surface area contributed by atoms with Gasteiger partial charge in [-0.05, 0) is 66.3 Å². The van der Waals surface area contributed by atoms with Gasteiger partial charge in [0.1, 0.15) is 28.7 Å². The summed E-state index contributed by atoms with van der Waals surface area (Å²) >= 11 is 6.36. The molecule has 2 saturated heterocycles. The number of rotatable bonds is 6. The fourth-order valence-electron chi connectivity index (χ4n) is 5.75. The van der Waals surface area contributed by atoms with Crippen LogP contribution in [0, 0.1) is 5.92 Å². The number of halogens is 4. The number of pyridine rings is 1. The van der Waals surface area contributed by atoms with Crippen LogP contribution < -0.4 is 4.90 Å². The Balaban J connectivity index is 1.32. The highest BCUT2D eigenvalue weighted by molar-refractivity contribution is 6.29. The molecule has 2 atom stereocenters. The molecule has 2 fully saturated rings. The molecule has 3 aromatic rings. The number of alkyl halides is 3. The molecule has 0 spiro atoms. The van der Waals surface area contributed by atoms with Crippen LogP contribution in [0.4, 0.5) is 19.0 Å². The number of hydrogen-bond donors (Lipinski definition) is 0. The summed E-state index contributed by atoms with van der Waals surface area (Å²) in [5.74, 6) is 0.857. The predicted octanol–water partition coefficient (Wildman–Crippen LogP) is 4.74. The number of ether oxygens (including phenoxy) is 1. The molecule has 39 heavy (non-hydrogen) atoms. The van der Waals surface area contributed by atoms with Crippen molar-refractivity contribution in [3.8, 4) is 0 Å². The van der Waals surface area contributed by atoms with Crippen molar-refractivity contribution in [1.29, 1.82) is 0 Å². The zero-order chi connectivity index (χ0) is 27.5. The first kappa shape index (κ1) is 26.2. The lowest BCUT2D eigenvalue weighted by Crippen LogP contribution is -2.33. The number of amides is 1. The SMILES string of the molecule is C[C@H]1CCCN(Cc2cc3c(c(C(F)(F)F)c2)CN(c2cc(C4(Cc5nncn5C)CO4)cc(Cl)n2)C3=O)C1. The number of likely N-dealkylation sites (tertiary alicyclic amines) is 1.